The highest BCUT2D eigenvalue weighted by Gasteiger charge is 2.39. The summed E-state index contributed by atoms with van der Waals surface area (Å²) >= 11 is 0. The average molecular weight is 456 g/mol. The van der Waals surface area contributed by atoms with Crippen LogP contribution in [0.5, 0.6) is 17.2 Å². The van der Waals surface area contributed by atoms with Gasteiger partial charge in [-0.3, -0.25) is 14.5 Å². The highest BCUT2D eigenvalue weighted by molar-refractivity contribution is 6.36. The second-order valence-corrected chi connectivity index (χ2v) is 7.87. The van der Waals surface area contributed by atoms with Crippen LogP contribution in [-0.4, -0.2) is 36.5 Å². The van der Waals surface area contributed by atoms with Crippen molar-refractivity contribution in [2.45, 2.75) is 13.5 Å². The molecule has 3 aromatic carbocycles. The fraction of sp³-hybridized carbons (Fsp3) is 0.185. The number of carbonyl (C=O) groups excluding carboxylic acids is 2. The predicted molar refractivity (Wildman–Crippen MR) is 128 cm³/mol. The Morgan fingerprint density at radius 1 is 0.882 bits per heavy atom. The molecule has 0 saturated heterocycles. The van der Waals surface area contributed by atoms with Crippen molar-refractivity contribution in [2.75, 3.05) is 25.1 Å². The molecule has 34 heavy (non-hydrogen) atoms. The van der Waals surface area contributed by atoms with Gasteiger partial charge in [0.05, 0.1) is 18.7 Å². The molecule has 0 fully saturated rings. The van der Waals surface area contributed by atoms with E-state index in [0.717, 1.165) is 5.56 Å². The van der Waals surface area contributed by atoms with Gasteiger partial charge in [0, 0.05) is 11.8 Å². The van der Waals surface area contributed by atoms with Crippen LogP contribution < -0.4 is 19.5 Å². The van der Waals surface area contributed by atoms with Gasteiger partial charge in [-0.1, -0.05) is 42.5 Å². The Hall–Kier alpha value is -4.26. The topological polar surface area (TPSA) is 77.1 Å². The molecule has 0 atom stereocenters. The first-order valence-electron chi connectivity index (χ1n) is 11.2. The van der Waals surface area contributed by atoms with Crippen molar-refractivity contribution in [1.29, 1.82) is 0 Å². The molecule has 1 N–H and O–H groups in total. The fourth-order valence-corrected chi connectivity index (χ4v) is 4.02. The monoisotopic (exact) mass is 456 g/mol. The Morgan fingerprint density at radius 3 is 2.35 bits per heavy atom. The zero-order valence-electron chi connectivity index (χ0n) is 18.7. The highest BCUT2D eigenvalue weighted by Crippen LogP contribution is 2.36. The lowest BCUT2D eigenvalue weighted by atomic mass is 10.0. The number of rotatable bonds is 7. The first kappa shape index (κ1) is 21.6. The number of carbonyl (C=O) groups is 2. The fourth-order valence-electron chi connectivity index (χ4n) is 4.02. The third-order valence-electron chi connectivity index (χ3n) is 5.62. The van der Waals surface area contributed by atoms with Gasteiger partial charge in [-0.05, 0) is 42.3 Å². The lowest BCUT2D eigenvalue weighted by Gasteiger charge is -2.19. The Balaban J connectivity index is 1.51. The van der Waals surface area contributed by atoms with Crippen molar-refractivity contribution >= 4 is 23.1 Å². The van der Waals surface area contributed by atoms with Crippen LogP contribution in [0.25, 0.3) is 5.57 Å². The van der Waals surface area contributed by atoms with Gasteiger partial charge >= 0.3 is 0 Å². The van der Waals surface area contributed by atoms with Crippen LogP contribution in [0.2, 0.25) is 0 Å². The van der Waals surface area contributed by atoms with Gasteiger partial charge in [-0.25, -0.2) is 0 Å². The smallest absolute Gasteiger partial charge is 0.278 e. The van der Waals surface area contributed by atoms with E-state index in [1.54, 1.807) is 42.5 Å². The number of hydrogen-bond donors (Lipinski definition) is 1. The maximum Gasteiger partial charge on any atom is 0.278 e. The Bertz CT molecular complexity index is 1250. The zero-order chi connectivity index (χ0) is 23.5. The largest absolute Gasteiger partial charge is 0.494 e. The van der Waals surface area contributed by atoms with Gasteiger partial charge in [0.25, 0.3) is 11.8 Å². The number of hydrogen-bond acceptors (Lipinski definition) is 6. The highest BCUT2D eigenvalue weighted by atomic mass is 16.6. The molecule has 172 valence electrons. The van der Waals surface area contributed by atoms with Crippen molar-refractivity contribution in [3.8, 4) is 17.2 Å². The summed E-state index contributed by atoms with van der Waals surface area (Å²) < 4.78 is 16.8. The van der Waals surface area contributed by atoms with E-state index >= 15 is 0 Å². The van der Waals surface area contributed by atoms with E-state index < -0.39 is 0 Å². The number of ether oxygens (including phenoxy) is 3. The molecule has 0 aliphatic carbocycles. The van der Waals surface area contributed by atoms with Crippen molar-refractivity contribution in [2.24, 2.45) is 0 Å². The van der Waals surface area contributed by atoms with Crippen molar-refractivity contribution in [3.63, 3.8) is 0 Å². The molecule has 2 heterocycles. The predicted octanol–water partition coefficient (Wildman–Crippen LogP) is 4.25. The summed E-state index contributed by atoms with van der Waals surface area (Å²) in [7, 11) is 0. The van der Waals surface area contributed by atoms with E-state index in [1.165, 1.54) is 4.90 Å². The van der Waals surface area contributed by atoms with Gasteiger partial charge in [-0.15, -0.1) is 0 Å². The molecule has 0 saturated carbocycles. The summed E-state index contributed by atoms with van der Waals surface area (Å²) in [5.74, 6) is 1.21. The van der Waals surface area contributed by atoms with Gasteiger partial charge in [0.15, 0.2) is 11.5 Å². The molecule has 0 unspecified atom stereocenters. The van der Waals surface area contributed by atoms with Crippen LogP contribution in [0, 0.1) is 0 Å². The van der Waals surface area contributed by atoms with Crippen molar-refractivity contribution in [3.05, 3.63) is 89.6 Å². The minimum atomic E-state index is -0.382. The minimum absolute atomic E-state index is 0.186. The summed E-state index contributed by atoms with van der Waals surface area (Å²) in [5.41, 5.74) is 2.68. The van der Waals surface area contributed by atoms with Gasteiger partial charge in [-0.2, -0.15) is 0 Å². The normalized spacial score (nSPS) is 15.0. The molecule has 2 aliphatic rings. The number of nitrogens with one attached hydrogen (secondary N) is 1. The maximum atomic E-state index is 13.5. The van der Waals surface area contributed by atoms with E-state index in [0.29, 0.717) is 53.9 Å². The Morgan fingerprint density at radius 2 is 1.62 bits per heavy atom. The summed E-state index contributed by atoms with van der Waals surface area (Å²) in [5, 5.41) is 3.18. The maximum absolute atomic E-state index is 13.5. The number of benzene rings is 3. The van der Waals surface area contributed by atoms with Crippen LogP contribution in [0.1, 0.15) is 18.1 Å². The molecule has 0 radical (unpaired) electrons. The lowest BCUT2D eigenvalue weighted by molar-refractivity contribution is -0.137. The number of anilines is 1. The van der Waals surface area contributed by atoms with Crippen LogP contribution in [0.4, 0.5) is 5.69 Å². The summed E-state index contributed by atoms with van der Waals surface area (Å²) in [6, 6.07) is 22.0. The van der Waals surface area contributed by atoms with Crippen molar-refractivity contribution in [1.82, 2.24) is 4.90 Å². The van der Waals surface area contributed by atoms with Gasteiger partial charge < -0.3 is 19.5 Å². The summed E-state index contributed by atoms with van der Waals surface area (Å²) in [4.78, 5) is 28.2. The lowest BCUT2D eigenvalue weighted by Crippen LogP contribution is -2.32. The van der Waals surface area contributed by atoms with Crippen molar-refractivity contribution < 1.29 is 23.8 Å². The van der Waals surface area contributed by atoms with Gasteiger partial charge in [0.2, 0.25) is 0 Å². The van der Waals surface area contributed by atoms with Crippen LogP contribution >= 0.6 is 0 Å². The molecule has 2 aliphatic heterocycles. The molecule has 7 nitrogen and oxygen atoms in total. The van der Waals surface area contributed by atoms with Crippen LogP contribution in [0.3, 0.4) is 0 Å². The molecule has 7 heteroatoms. The molecule has 5 rings (SSSR count). The third-order valence-corrected chi connectivity index (χ3v) is 5.62. The molecule has 3 aromatic rings. The Labute approximate surface area is 197 Å². The van der Waals surface area contributed by atoms with E-state index in [-0.39, 0.29) is 24.1 Å². The second kappa shape index (κ2) is 9.31. The molecule has 0 bridgehead atoms. The number of amides is 2. The molecular weight excluding hydrogens is 432 g/mol. The van der Waals surface area contributed by atoms with E-state index in [9.17, 15) is 9.59 Å². The van der Waals surface area contributed by atoms with Crippen LogP contribution in [-0.2, 0) is 16.1 Å². The number of fused-ring (bicyclic) bond motifs is 1. The van der Waals surface area contributed by atoms with E-state index in [1.807, 2.05) is 37.3 Å². The van der Waals surface area contributed by atoms with Crippen LogP contribution in [0.15, 0.2) is 78.5 Å². The Kier molecular flexibility index (Phi) is 5.91. The first-order valence-corrected chi connectivity index (χ1v) is 11.2. The number of nitrogens with zero attached hydrogens (tertiary/aromatic N) is 1. The number of imide groups is 1. The molecule has 2 amide bonds. The summed E-state index contributed by atoms with van der Waals surface area (Å²) in [6.45, 7) is 3.59. The summed E-state index contributed by atoms with van der Waals surface area (Å²) in [6.07, 6.45) is 0. The SMILES string of the molecule is CCOc1ccc(C2=C(Nc3ccc4c(c3)OCCO4)C(=O)N(Cc3ccccc3)C2=O)cc1. The average Bonchev–Trinajstić information content (AvgIpc) is 3.09. The molecule has 0 aromatic heterocycles. The van der Waals surface area contributed by atoms with E-state index in [2.05, 4.69) is 5.32 Å². The van der Waals surface area contributed by atoms with Gasteiger partial charge in [0.1, 0.15) is 24.7 Å². The second-order valence-electron chi connectivity index (χ2n) is 7.87. The molecular formula is C27H24N2O5. The molecule has 0 spiro atoms. The quantitative estimate of drug-likeness (QED) is 0.536. The minimum Gasteiger partial charge on any atom is -0.494 e. The van der Waals surface area contributed by atoms with E-state index in [4.69, 9.17) is 14.2 Å². The third kappa shape index (κ3) is 4.20. The first-order chi connectivity index (χ1) is 16.6. The standard InChI is InChI=1S/C27H24N2O5/c1-2-32-21-11-8-19(9-12-21)24-25(28-20-10-13-22-23(16-20)34-15-14-33-22)27(31)29(26(24)30)17-18-6-4-3-5-7-18/h3-13,16,28H,2,14-15,17H2,1H3. The zero-order valence-corrected chi connectivity index (χ0v) is 18.7.